The van der Waals surface area contributed by atoms with Crippen molar-refractivity contribution in [2.24, 2.45) is 0 Å². The molecule has 3 nitrogen and oxygen atoms in total. The number of nitrogens with one attached hydrogen (secondary N) is 1. The van der Waals surface area contributed by atoms with Gasteiger partial charge in [-0.05, 0) is 58.5 Å². The van der Waals surface area contributed by atoms with Crippen LogP contribution < -0.4 is 0 Å². The van der Waals surface area contributed by atoms with Crippen LogP contribution in [0.4, 0.5) is 0 Å². The first-order chi connectivity index (χ1) is 9.61. The van der Waals surface area contributed by atoms with Crippen LogP contribution in [0.1, 0.15) is 5.56 Å². The van der Waals surface area contributed by atoms with Crippen molar-refractivity contribution in [2.45, 2.75) is 0 Å². The van der Waals surface area contributed by atoms with Crippen LogP contribution in [0.5, 0.6) is 0 Å². The van der Waals surface area contributed by atoms with E-state index in [9.17, 15) is 0 Å². The van der Waals surface area contributed by atoms with Gasteiger partial charge in [-0.25, -0.2) is 0 Å². The third-order valence-electron chi connectivity index (χ3n) is 2.98. The number of nitrogens with zero attached hydrogens (tertiary/aromatic N) is 2. The van der Waals surface area contributed by atoms with E-state index in [4.69, 9.17) is 29.1 Å². The molecule has 98 valence electrons. The van der Waals surface area contributed by atoms with Gasteiger partial charge in [0.25, 0.3) is 0 Å². The zero-order valence-electron chi connectivity index (χ0n) is 10.0. The second kappa shape index (κ2) is 5.06. The largest absolute Gasteiger partial charge is 0.330 e. The predicted molar refractivity (Wildman–Crippen MR) is 85.9 cm³/mol. The monoisotopic (exact) mass is 363 g/mol. The Morgan fingerprint density at radius 1 is 1.30 bits per heavy atom. The summed E-state index contributed by atoms with van der Waals surface area (Å²) in [5.41, 5.74) is 3.14. The summed E-state index contributed by atoms with van der Waals surface area (Å²) in [6.45, 7) is 0. The molecule has 1 heterocycles. The van der Waals surface area contributed by atoms with E-state index in [1.807, 2.05) is 22.8 Å². The maximum atomic E-state index is 9.04. The third-order valence-corrected chi connectivity index (χ3v) is 4.65. The molecule has 1 N–H and O–H groups in total. The van der Waals surface area contributed by atoms with E-state index in [1.165, 1.54) is 0 Å². The van der Waals surface area contributed by atoms with Gasteiger partial charge in [-0.15, -0.1) is 0 Å². The van der Waals surface area contributed by atoms with E-state index in [-0.39, 0.29) is 0 Å². The number of hydrogen-bond acceptors (Lipinski definition) is 2. The van der Waals surface area contributed by atoms with Gasteiger partial charge in [0.15, 0.2) is 4.77 Å². The summed E-state index contributed by atoms with van der Waals surface area (Å²) in [5.74, 6) is 0. The summed E-state index contributed by atoms with van der Waals surface area (Å²) in [6.07, 6.45) is 0. The molecule has 3 rings (SSSR count). The number of benzene rings is 2. The van der Waals surface area contributed by atoms with Crippen molar-refractivity contribution in [1.82, 2.24) is 9.55 Å². The first-order valence-electron chi connectivity index (χ1n) is 5.71. The minimum absolute atomic E-state index is 0.554. The lowest BCUT2D eigenvalue weighted by molar-refractivity contribution is 1.06. The maximum absolute atomic E-state index is 9.04. The molecule has 0 aliphatic rings. The highest BCUT2D eigenvalue weighted by molar-refractivity contribution is 9.10. The Bertz CT molecular complexity index is 920. The molecule has 0 saturated carbocycles. The zero-order valence-corrected chi connectivity index (χ0v) is 13.2. The lowest BCUT2D eigenvalue weighted by Crippen LogP contribution is -1.95. The van der Waals surface area contributed by atoms with Gasteiger partial charge >= 0.3 is 0 Å². The van der Waals surface area contributed by atoms with Crippen molar-refractivity contribution in [3.63, 3.8) is 0 Å². The van der Waals surface area contributed by atoms with Crippen LogP contribution in [0, 0.1) is 16.1 Å². The highest BCUT2D eigenvalue weighted by Gasteiger charge is 2.11. The topological polar surface area (TPSA) is 44.5 Å². The molecular formula is C14H7BrClN3S. The van der Waals surface area contributed by atoms with Crippen molar-refractivity contribution < 1.29 is 0 Å². The number of nitriles is 1. The van der Waals surface area contributed by atoms with Gasteiger partial charge in [0.2, 0.25) is 0 Å². The molecule has 0 saturated heterocycles. The van der Waals surface area contributed by atoms with Crippen molar-refractivity contribution in [3.05, 3.63) is 56.2 Å². The fourth-order valence-electron chi connectivity index (χ4n) is 2.08. The molecule has 0 unspecified atom stereocenters. The van der Waals surface area contributed by atoms with Crippen molar-refractivity contribution in [3.8, 4) is 11.8 Å². The normalized spacial score (nSPS) is 10.7. The zero-order chi connectivity index (χ0) is 14.3. The minimum atomic E-state index is 0.554. The summed E-state index contributed by atoms with van der Waals surface area (Å²) >= 11 is 15.0. The second-order valence-corrected chi connectivity index (χ2v) is 5.77. The fraction of sp³-hybridized carbons (Fsp3) is 0. The molecule has 1 aromatic heterocycles. The molecule has 0 amide bonds. The predicted octanol–water partition coefficient (Wildman–Crippen LogP) is 4.98. The van der Waals surface area contributed by atoms with E-state index in [0.29, 0.717) is 15.4 Å². The molecule has 0 bridgehead atoms. The Labute approximate surface area is 133 Å². The summed E-state index contributed by atoms with van der Waals surface area (Å²) < 4.78 is 3.18. The van der Waals surface area contributed by atoms with Crippen molar-refractivity contribution in [2.75, 3.05) is 0 Å². The van der Waals surface area contributed by atoms with Crippen molar-refractivity contribution >= 4 is 50.8 Å². The van der Waals surface area contributed by atoms with E-state index in [2.05, 4.69) is 27.0 Å². The molecule has 0 spiro atoms. The van der Waals surface area contributed by atoms with Gasteiger partial charge in [-0.1, -0.05) is 17.7 Å². The fourth-order valence-corrected chi connectivity index (χ4v) is 2.99. The van der Waals surface area contributed by atoms with Crippen molar-refractivity contribution in [1.29, 1.82) is 5.26 Å². The quantitative estimate of drug-likeness (QED) is 0.619. The molecule has 0 fully saturated rings. The molecule has 0 radical (unpaired) electrons. The molecule has 0 atom stereocenters. The lowest BCUT2D eigenvalue weighted by Gasteiger charge is -2.08. The number of H-pyrrole nitrogens is 1. The lowest BCUT2D eigenvalue weighted by atomic mass is 10.2. The molecule has 0 aliphatic heterocycles. The van der Waals surface area contributed by atoms with Crippen LogP contribution in [0.2, 0.25) is 5.02 Å². The standard InChI is InChI=1S/C14H7BrClN3S/c15-13-9(16)2-1-3-11(13)19-12-6-8(7-17)4-5-10(12)18-14(19)20/h1-6H,(H,18,20). The van der Waals surface area contributed by atoms with E-state index in [1.54, 1.807) is 18.2 Å². The van der Waals surface area contributed by atoms with Crippen LogP contribution in [0.3, 0.4) is 0 Å². The highest BCUT2D eigenvalue weighted by Crippen LogP contribution is 2.31. The molecule has 3 aromatic rings. The van der Waals surface area contributed by atoms with Crippen LogP contribution >= 0.6 is 39.7 Å². The average Bonchev–Trinajstić information content (AvgIpc) is 2.77. The van der Waals surface area contributed by atoms with Crippen LogP contribution in [-0.2, 0) is 0 Å². The third kappa shape index (κ3) is 2.06. The number of halogens is 2. The Morgan fingerprint density at radius 2 is 2.10 bits per heavy atom. The number of imidazole rings is 1. The van der Waals surface area contributed by atoms with Gasteiger partial charge in [0, 0.05) is 0 Å². The molecule has 20 heavy (non-hydrogen) atoms. The summed E-state index contributed by atoms with van der Waals surface area (Å²) in [5, 5.41) is 9.64. The SMILES string of the molecule is N#Cc1ccc2[nH]c(=S)n(-c3cccc(Cl)c3Br)c2c1. The van der Waals surface area contributed by atoms with Crippen LogP contribution in [0.15, 0.2) is 40.9 Å². The number of fused-ring (bicyclic) bond motifs is 1. The summed E-state index contributed by atoms with van der Waals surface area (Å²) in [6, 6.07) is 13.1. The Morgan fingerprint density at radius 3 is 2.85 bits per heavy atom. The van der Waals surface area contributed by atoms with E-state index < -0.39 is 0 Å². The first kappa shape index (κ1) is 13.4. The van der Waals surface area contributed by atoms with Gasteiger partial charge in [-0.2, -0.15) is 5.26 Å². The van der Waals surface area contributed by atoms with Gasteiger partial charge in [0.05, 0.1) is 37.8 Å². The number of hydrogen-bond donors (Lipinski definition) is 1. The number of aromatic nitrogens is 2. The molecule has 0 aliphatic carbocycles. The van der Waals surface area contributed by atoms with Gasteiger partial charge in [-0.3, -0.25) is 4.57 Å². The van der Waals surface area contributed by atoms with Crippen LogP contribution in [0.25, 0.3) is 16.7 Å². The van der Waals surface area contributed by atoms with E-state index in [0.717, 1.165) is 21.2 Å². The first-order valence-corrected chi connectivity index (χ1v) is 7.29. The van der Waals surface area contributed by atoms with E-state index >= 15 is 0 Å². The Hall–Kier alpha value is -1.61. The Kier molecular flexibility index (Phi) is 3.38. The maximum Gasteiger partial charge on any atom is 0.182 e. The molecular weight excluding hydrogens is 358 g/mol. The number of rotatable bonds is 1. The number of aromatic amines is 1. The molecule has 6 heteroatoms. The smallest absolute Gasteiger partial charge is 0.182 e. The van der Waals surface area contributed by atoms with Gasteiger partial charge in [0.1, 0.15) is 0 Å². The Balaban J connectivity index is 2.42. The molecule has 2 aromatic carbocycles. The summed E-state index contributed by atoms with van der Waals surface area (Å²) in [7, 11) is 0. The minimum Gasteiger partial charge on any atom is -0.330 e. The average molecular weight is 365 g/mol. The summed E-state index contributed by atoms with van der Waals surface area (Å²) in [4.78, 5) is 3.13. The van der Waals surface area contributed by atoms with Gasteiger partial charge < -0.3 is 4.98 Å². The van der Waals surface area contributed by atoms with Crippen LogP contribution in [-0.4, -0.2) is 9.55 Å². The highest BCUT2D eigenvalue weighted by atomic mass is 79.9. The second-order valence-electron chi connectivity index (χ2n) is 4.18.